The molecule has 2 atom stereocenters. The third kappa shape index (κ3) is 4.73. The van der Waals surface area contributed by atoms with Gasteiger partial charge in [0.25, 0.3) is 5.91 Å². The number of hydrogen-bond donors (Lipinski definition) is 3. The molecule has 1 aliphatic heterocycles. The van der Waals surface area contributed by atoms with Crippen LogP contribution in [0.25, 0.3) is 22.2 Å². The van der Waals surface area contributed by atoms with Crippen molar-refractivity contribution in [3.05, 3.63) is 82.9 Å². The number of pyridine rings is 2. The highest BCUT2D eigenvalue weighted by Crippen LogP contribution is 2.50. The second-order valence-corrected chi connectivity index (χ2v) is 12.4. The highest BCUT2D eigenvalue weighted by molar-refractivity contribution is 6.00. The molecular weight excluding hydrogens is 563 g/mol. The van der Waals surface area contributed by atoms with Crippen molar-refractivity contribution < 1.29 is 28.6 Å². The third-order valence-electron chi connectivity index (χ3n) is 9.25. The number of nitrogens with zero attached hydrogens (tertiary/aromatic N) is 2. The average molecular weight is 597 g/mol. The first kappa shape index (κ1) is 28.2. The topological polar surface area (TPSA) is 137 Å². The maximum absolute atomic E-state index is 13.8. The number of rotatable bonds is 9. The number of carbonyl (C=O) groups is 2. The summed E-state index contributed by atoms with van der Waals surface area (Å²) in [6.07, 6.45) is 5.61. The van der Waals surface area contributed by atoms with Gasteiger partial charge in [-0.2, -0.15) is 0 Å². The summed E-state index contributed by atoms with van der Waals surface area (Å²) < 4.78 is 25.3. The minimum absolute atomic E-state index is 0.0106. The summed E-state index contributed by atoms with van der Waals surface area (Å²) in [4.78, 5) is 35.6. The Labute approximate surface area is 253 Å². The van der Waals surface area contributed by atoms with Gasteiger partial charge in [-0.3, -0.25) is 14.6 Å². The van der Waals surface area contributed by atoms with Gasteiger partial charge in [0, 0.05) is 28.3 Å². The number of nitrogens with two attached hydrogens (primary N) is 1. The van der Waals surface area contributed by atoms with E-state index in [-0.39, 0.29) is 30.7 Å². The fourth-order valence-corrected chi connectivity index (χ4v) is 6.09. The highest BCUT2D eigenvalue weighted by Gasteiger charge is 2.50. The van der Waals surface area contributed by atoms with Gasteiger partial charge >= 0.3 is 0 Å². The average Bonchev–Trinajstić information content (AvgIpc) is 3.96. The molecule has 3 aliphatic rings. The first-order valence-corrected chi connectivity index (χ1v) is 14.8. The Balaban J connectivity index is 1.25. The Hall–Kier alpha value is -4.57. The number of amides is 2. The van der Waals surface area contributed by atoms with Crippen LogP contribution in [-0.2, 0) is 15.8 Å². The van der Waals surface area contributed by atoms with Crippen LogP contribution in [0.3, 0.4) is 0 Å². The number of aromatic nitrogens is 2. The lowest BCUT2D eigenvalue weighted by Crippen LogP contribution is -2.44. The van der Waals surface area contributed by atoms with Crippen LogP contribution in [0.2, 0.25) is 0 Å². The van der Waals surface area contributed by atoms with E-state index in [0.29, 0.717) is 45.3 Å². The lowest BCUT2D eigenvalue weighted by atomic mass is 9.81. The normalized spacial score (nSPS) is 20.5. The molecule has 2 saturated carbocycles. The van der Waals surface area contributed by atoms with E-state index in [0.717, 1.165) is 36.6 Å². The van der Waals surface area contributed by atoms with E-state index < -0.39 is 22.7 Å². The Bertz CT molecular complexity index is 1820. The van der Waals surface area contributed by atoms with Crippen molar-refractivity contribution in [3.63, 3.8) is 0 Å². The van der Waals surface area contributed by atoms with Crippen molar-refractivity contribution in [1.29, 1.82) is 0 Å². The van der Waals surface area contributed by atoms with E-state index >= 15 is 0 Å². The minimum atomic E-state index is -1.55. The predicted molar refractivity (Wildman–Crippen MR) is 161 cm³/mol. The number of aliphatic hydroxyl groups is 1. The fraction of sp³-hybridized carbons (Fsp3) is 0.353. The number of ether oxygens (including phenoxy) is 2. The van der Waals surface area contributed by atoms with Crippen LogP contribution in [0.15, 0.2) is 54.7 Å². The molecule has 0 unspecified atom stereocenters. The van der Waals surface area contributed by atoms with Crippen molar-refractivity contribution in [2.75, 3.05) is 20.3 Å². The summed E-state index contributed by atoms with van der Waals surface area (Å²) in [6.45, 7) is 1.57. The van der Waals surface area contributed by atoms with E-state index in [4.69, 9.17) is 20.2 Å². The van der Waals surface area contributed by atoms with Crippen LogP contribution in [0, 0.1) is 11.7 Å². The summed E-state index contributed by atoms with van der Waals surface area (Å²) in [7, 11) is 1.54. The zero-order chi connectivity index (χ0) is 30.8. The molecule has 226 valence electrons. The molecule has 0 spiro atoms. The van der Waals surface area contributed by atoms with Crippen LogP contribution >= 0.6 is 0 Å². The largest absolute Gasteiger partial charge is 0.494 e. The first-order chi connectivity index (χ1) is 21.1. The van der Waals surface area contributed by atoms with E-state index in [1.54, 1.807) is 44.4 Å². The molecule has 4 aromatic rings. The van der Waals surface area contributed by atoms with E-state index in [1.165, 1.54) is 12.1 Å². The molecule has 2 aliphatic carbocycles. The van der Waals surface area contributed by atoms with Crippen molar-refractivity contribution in [1.82, 2.24) is 15.3 Å². The number of benzene rings is 2. The fourth-order valence-electron chi connectivity index (χ4n) is 6.09. The van der Waals surface area contributed by atoms with Crippen molar-refractivity contribution in [3.8, 4) is 22.8 Å². The first-order valence-electron chi connectivity index (χ1n) is 14.8. The smallest absolute Gasteiger partial charge is 0.251 e. The SMILES string of the molecule is COc1cc(C(=O)NC[C@](O)(c2cc3c(c(-c4ccc(F)cc4)n2)OC[C@]3(C)C(N)=O)C2CC2)cc2cc(C3CC3)cnc12. The van der Waals surface area contributed by atoms with E-state index in [1.807, 2.05) is 6.20 Å². The molecule has 3 heterocycles. The van der Waals surface area contributed by atoms with Crippen molar-refractivity contribution in [2.24, 2.45) is 11.7 Å². The summed E-state index contributed by atoms with van der Waals surface area (Å²) in [6, 6.07) is 12.9. The number of halogens is 1. The molecule has 2 aromatic carbocycles. The third-order valence-corrected chi connectivity index (χ3v) is 9.25. The molecule has 0 radical (unpaired) electrons. The zero-order valence-corrected chi connectivity index (χ0v) is 24.5. The number of primary amides is 1. The number of nitrogens with one attached hydrogen (secondary N) is 1. The monoisotopic (exact) mass is 596 g/mol. The highest BCUT2D eigenvalue weighted by atomic mass is 19.1. The van der Waals surface area contributed by atoms with Gasteiger partial charge in [-0.1, -0.05) is 0 Å². The number of hydrogen-bond acceptors (Lipinski definition) is 7. The maximum Gasteiger partial charge on any atom is 0.251 e. The molecule has 9 nitrogen and oxygen atoms in total. The molecule has 2 aromatic heterocycles. The van der Waals surface area contributed by atoms with Gasteiger partial charge in [0.05, 0.1) is 19.3 Å². The summed E-state index contributed by atoms with van der Waals surface area (Å²) >= 11 is 0. The van der Waals surface area contributed by atoms with Crippen molar-refractivity contribution in [2.45, 2.75) is 49.5 Å². The second kappa shape index (κ2) is 10.3. The van der Waals surface area contributed by atoms with Crippen LogP contribution in [-0.4, -0.2) is 47.2 Å². The van der Waals surface area contributed by atoms with Crippen molar-refractivity contribution >= 4 is 22.7 Å². The maximum atomic E-state index is 13.8. The lowest BCUT2D eigenvalue weighted by molar-refractivity contribution is -0.123. The molecule has 2 amide bonds. The summed E-state index contributed by atoms with van der Waals surface area (Å²) in [5.41, 5.74) is 7.01. The number of carbonyl (C=O) groups excluding carboxylic acids is 2. The van der Waals surface area contributed by atoms with Gasteiger partial charge in [0.2, 0.25) is 5.91 Å². The zero-order valence-electron chi connectivity index (χ0n) is 24.5. The predicted octanol–water partition coefficient (Wildman–Crippen LogP) is 4.48. The number of fused-ring (bicyclic) bond motifs is 2. The number of methoxy groups -OCH3 is 1. The van der Waals surface area contributed by atoms with E-state index in [9.17, 15) is 19.1 Å². The van der Waals surface area contributed by atoms with Gasteiger partial charge in [0.15, 0.2) is 0 Å². The van der Waals surface area contributed by atoms with Gasteiger partial charge in [-0.15, -0.1) is 0 Å². The minimum Gasteiger partial charge on any atom is -0.494 e. The van der Waals surface area contributed by atoms with Crippen LogP contribution in [0.4, 0.5) is 4.39 Å². The quantitative estimate of drug-likeness (QED) is 0.259. The summed E-state index contributed by atoms with van der Waals surface area (Å²) in [5, 5.41) is 16.0. The molecule has 10 heteroatoms. The van der Waals surface area contributed by atoms with Crippen LogP contribution < -0.4 is 20.5 Å². The second-order valence-electron chi connectivity index (χ2n) is 12.4. The standard InChI is InChI=1S/C34H33FN4O5/c1-33(32(36)41)17-44-30-25(33)14-27(39-29(30)19-5-9-24(35)10-6-19)34(42,23-7-8-23)16-38-31(40)21-11-20-12-22(18-3-4-18)15-37-28(20)26(13-21)43-2/h5-6,9-15,18,23,42H,3-4,7-8,16-17H2,1-2H3,(H2,36,41)(H,38,40)/t33-,34+/m0/s1. The Kier molecular flexibility index (Phi) is 6.58. The van der Waals surface area contributed by atoms with Gasteiger partial charge in [-0.25, -0.2) is 9.37 Å². The van der Waals surface area contributed by atoms with Gasteiger partial charge < -0.3 is 25.6 Å². The molecule has 4 N–H and O–H groups in total. The van der Waals surface area contributed by atoms with Gasteiger partial charge in [-0.05, 0) is 98.5 Å². The molecular formula is C34H33FN4O5. The molecule has 44 heavy (non-hydrogen) atoms. The van der Waals surface area contributed by atoms with Crippen LogP contribution in [0.1, 0.15) is 65.7 Å². The molecule has 0 saturated heterocycles. The van der Waals surface area contributed by atoms with Crippen LogP contribution in [0.5, 0.6) is 11.5 Å². The molecule has 2 fully saturated rings. The summed E-state index contributed by atoms with van der Waals surface area (Å²) in [5.74, 6) is -0.184. The molecule has 0 bridgehead atoms. The Morgan fingerprint density at radius 2 is 1.91 bits per heavy atom. The Morgan fingerprint density at radius 1 is 1.16 bits per heavy atom. The lowest BCUT2D eigenvalue weighted by Gasteiger charge is -2.30. The molecule has 7 rings (SSSR count). The van der Waals surface area contributed by atoms with E-state index in [2.05, 4.69) is 16.4 Å². The van der Waals surface area contributed by atoms with Gasteiger partial charge in [0.1, 0.15) is 46.1 Å². The Morgan fingerprint density at radius 3 is 2.57 bits per heavy atom.